The van der Waals surface area contributed by atoms with Gasteiger partial charge in [0.1, 0.15) is 5.84 Å². The summed E-state index contributed by atoms with van der Waals surface area (Å²) in [7, 11) is 0. The van der Waals surface area contributed by atoms with Gasteiger partial charge in [0.05, 0.1) is 0 Å². The van der Waals surface area contributed by atoms with E-state index >= 15 is 0 Å². The number of hydrogen-bond acceptors (Lipinski definition) is 4. The smallest absolute Gasteiger partial charge is 0.309 e. The summed E-state index contributed by atoms with van der Waals surface area (Å²) in [6.45, 7) is 1.78. The number of hydrogen-bond donors (Lipinski definition) is 0. The molecule has 19 heavy (non-hydrogen) atoms. The van der Waals surface area contributed by atoms with Gasteiger partial charge in [-0.2, -0.15) is 26.3 Å². The van der Waals surface area contributed by atoms with Crippen molar-refractivity contribution in [1.29, 1.82) is 0 Å². The Labute approximate surface area is 108 Å². The van der Waals surface area contributed by atoms with Crippen molar-refractivity contribution in [3.63, 3.8) is 0 Å². The van der Waals surface area contributed by atoms with Crippen LogP contribution in [0.5, 0.6) is 0 Å². The third kappa shape index (κ3) is 2.09. The summed E-state index contributed by atoms with van der Waals surface area (Å²) < 4.78 is 77.4. The lowest BCUT2D eigenvalue weighted by Crippen LogP contribution is -2.58. The van der Waals surface area contributed by atoms with E-state index in [-0.39, 0.29) is 17.4 Å². The molecule has 2 aliphatic heterocycles. The van der Waals surface area contributed by atoms with Gasteiger partial charge in [-0.25, -0.2) is 9.98 Å². The summed E-state index contributed by atoms with van der Waals surface area (Å²) in [5.74, 6) is 0.161. The number of alkyl halides is 6. The lowest BCUT2D eigenvalue weighted by atomic mass is 10.1. The summed E-state index contributed by atoms with van der Waals surface area (Å²) in [5.41, 5.74) is -4.37. The predicted molar refractivity (Wildman–Crippen MR) is 59.2 cm³/mol. The highest BCUT2D eigenvalue weighted by Crippen LogP contribution is 2.49. The van der Waals surface area contributed by atoms with Crippen molar-refractivity contribution in [3.05, 3.63) is 0 Å². The SMILES string of the molecule is CCC1=NC(C(F)(F)F)(C(F)(F)F)N=C2SCCN12. The summed E-state index contributed by atoms with van der Waals surface area (Å²) in [5, 5.41) is -0.262. The fourth-order valence-corrected chi connectivity index (χ4v) is 2.83. The number of nitrogens with zero attached hydrogens (tertiary/aromatic N) is 3. The molecule has 0 atom stereocenters. The van der Waals surface area contributed by atoms with Crippen LogP contribution in [0.25, 0.3) is 0 Å². The van der Waals surface area contributed by atoms with Crippen LogP contribution in [0.2, 0.25) is 0 Å². The van der Waals surface area contributed by atoms with Crippen molar-refractivity contribution in [2.75, 3.05) is 12.3 Å². The molecule has 0 unspecified atom stereocenters. The van der Waals surface area contributed by atoms with E-state index in [1.165, 1.54) is 11.8 Å². The van der Waals surface area contributed by atoms with Gasteiger partial charge in [0.2, 0.25) is 0 Å². The second kappa shape index (κ2) is 4.29. The first-order chi connectivity index (χ1) is 8.62. The van der Waals surface area contributed by atoms with Crippen LogP contribution >= 0.6 is 11.8 Å². The molecule has 1 saturated heterocycles. The molecule has 0 N–H and O–H groups in total. The minimum Gasteiger partial charge on any atom is -0.309 e. The summed E-state index contributed by atoms with van der Waals surface area (Å²) in [6, 6.07) is 0. The Morgan fingerprint density at radius 1 is 1.16 bits per heavy atom. The number of halogens is 6. The zero-order valence-electron chi connectivity index (χ0n) is 9.64. The molecule has 0 spiro atoms. The maximum atomic E-state index is 12.9. The number of fused-ring (bicyclic) bond motifs is 1. The lowest BCUT2D eigenvalue weighted by molar-refractivity contribution is -0.292. The quantitative estimate of drug-likeness (QED) is 0.697. The molecule has 0 aromatic rings. The molecular weight excluding hydrogens is 296 g/mol. The van der Waals surface area contributed by atoms with Gasteiger partial charge in [-0.05, 0) is 0 Å². The molecule has 0 aromatic carbocycles. The van der Waals surface area contributed by atoms with Crippen LogP contribution in [0.3, 0.4) is 0 Å². The molecule has 2 aliphatic rings. The number of amidine groups is 2. The maximum Gasteiger partial charge on any atom is 0.443 e. The van der Waals surface area contributed by atoms with E-state index in [1.54, 1.807) is 0 Å². The fraction of sp³-hybridized carbons (Fsp3) is 0.778. The highest BCUT2D eigenvalue weighted by molar-refractivity contribution is 8.14. The summed E-state index contributed by atoms with van der Waals surface area (Å²) in [6.07, 6.45) is -11.3. The van der Waals surface area contributed by atoms with Gasteiger partial charge in [-0.3, -0.25) is 0 Å². The van der Waals surface area contributed by atoms with Crippen molar-refractivity contribution in [2.24, 2.45) is 9.98 Å². The number of aliphatic imine (C=N–C) groups is 2. The molecule has 0 amide bonds. The zero-order chi connectivity index (χ0) is 14.5. The second-order valence-corrected chi connectivity index (χ2v) is 5.01. The first kappa shape index (κ1) is 14.5. The normalized spacial score (nSPS) is 23.0. The third-order valence-electron chi connectivity index (χ3n) is 2.74. The predicted octanol–water partition coefficient (Wildman–Crippen LogP) is 3.03. The molecule has 0 aromatic heterocycles. The average molecular weight is 305 g/mol. The maximum absolute atomic E-state index is 12.9. The number of thioether (sulfide) groups is 1. The third-order valence-corrected chi connectivity index (χ3v) is 3.70. The Morgan fingerprint density at radius 2 is 1.74 bits per heavy atom. The van der Waals surface area contributed by atoms with E-state index in [9.17, 15) is 26.3 Å². The molecule has 0 saturated carbocycles. The monoisotopic (exact) mass is 305 g/mol. The second-order valence-electron chi connectivity index (χ2n) is 3.94. The fourth-order valence-electron chi connectivity index (χ4n) is 1.83. The summed E-state index contributed by atoms with van der Waals surface area (Å²) >= 11 is 0.875. The topological polar surface area (TPSA) is 28.0 Å². The van der Waals surface area contributed by atoms with Gasteiger partial charge in [-0.1, -0.05) is 18.7 Å². The molecule has 2 heterocycles. The standard InChI is InChI=1S/C9H9F6N3S/c1-2-5-16-7(8(10,11)12,9(13,14)15)17-6-18(5)3-4-19-6/h2-4H2,1H3. The van der Waals surface area contributed by atoms with E-state index in [2.05, 4.69) is 9.98 Å². The van der Waals surface area contributed by atoms with Crippen molar-refractivity contribution >= 4 is 22.8 Å². The molecule has 0 bridgehead atoms. The Balaban J connectivity index is 2.62. The van der Waals surface area contributed by atoms with Crippen molar-refractivity contribution in [1.82, 2.24) is 4.90 Å². The van der Waals surface area contributed by atoms with Crippen molar-refractivity contribution in [3.8, 4) is 0 Å². The Bertz CT molecular complexity index is 424. The van der Waals surface area contributed by atoms with Crippen LogP contribution in [0.4, 0.5) is 26.3 Å². The van der Waals surface area contributed by atoms with Crippen LogP contribution in [0.15, 0.2) is 9.98 Å². The molecule has 0 aliphatic carbocycles. The van der Waals surface area contributed by atoms with E-state index in [0.717, 1.165) is 11.8 Å². The zero-order valence-corrected chi connectivity index (χ0v) is 10.5. The minimum absolute atomic E-state index is 0.0203. The molecule has 108 valence electrons. The van der Waals surface area contributed by atoms with Gasteiger partial charge in [0, 0.05) is 18.7 Å². The molecule has 3 nitrogen and oxygen atoms in total. The summed E-state index contributed by atoms with van der Waals surface area (Å²) in [4.78, 5) is 7.10. The van der Waals surface area contributed by atoms with E-state index in [1.807, 2.05) is 0 Å². The number of rotatable bonds is 1. The van der Waals surface area contributed by atoms with Crippen LogP contribution in [-0.4, -0.2) is 46.2 Å². The van der Waals surface area contributed by atoms with Crippen LogP contribution in [0.1, 0.15) is 13.3 Å². The van der Waals surface area contributed by atoms with Gasteiger partial charge in [-0.15, -0.1) is 0 Å². The Morgan fingerprint density at radius 3 is 2.21 bits per heavy atom. The Kier molecular flexibility index (Phi) is 3.27. The first-order valence-electron chi connectivity index (χ1n) is 5.35. The van der Waals surface area contributed by atoms with Gasteiger partial charge < -0.3 is 4.90 Å². The van der Waals surface area contributed by atoms with E-state index < -0.39 is 18.0 Å². The first-order valence-corrected chi connectivity index (χ1v) is 6.33. The lowest BCUT2D eigenvalue weighted by Gasteiger charge is -2.36. The van der Waals surface area contributed by atoms with Gasteiger partial charge in [0.15, 0.2) is 5.17 Å². The highest BCUT2D eigenvalue weighted by Gasteiger charge is 2.73. The molecule has 2 rings (SSSR count). The van der Waals surface area contributed by atoms with E-state index in [0.29, 0.717) is 12.3 Å². The molecule has 1 fully saturated rings. The van der Waals surface area contributed by atoms with Gasteiger partial charge >= 0.3 is 18.0 Å². The molecular formula is C9H9F6N3S. The average Bonchev–Trinajstić information content (AvgIpc) is 2.72. The highest BCUT2D eigenvalue weighted by atomic mass is 32.2. The van der Waals surface area contributed by atoms with Crippen LogP contribution < -0.4 is 0 Å². The molecule has 10 heteroatoms. The van der Waals surface area contributed by atoms with Crippen LogP contribution in [0, 0.1) is 0 Å². The van der Waals surface area contributed by atoms with E-state index in [4.69, 9.17) is 0 Å². The Hall–Kier alpha value is -0.930. The van der Waals surface area contributed by atoms with Crippen LogP contribution in [-0.2, 0) is 0 Å². The van der Waals surface area contributed by atoms with Crippen molar-refractivity contribution < 1.29 is 26.3 Å². The van der Waals surface area contributed by atoms with Crippen molar-refractivity contribution in [2.45, 2.75) is 31.4 Å². The minimum atomic E-state index is -5.62. The largest absolute Gasteiger partial charge is 0.443 e. The van der Waals surface area contributed by atoms with Gasteiger partial charge in [0.25, 0.3) is 0 Å². The molecule has 0 radical (unpaired) electrons.